The Morgan fingerprint density at radius 2 is 1.88 bits per heavy atom. The highest BCUT2D eigenvalue weighted by Crippen LogP contribution is 2.13. The smallest absolute Gasteiger partial charge is 0.319 e. The van der Waals surface area contributed by atoms with Gasteiger partial charge >= 0.3 is 6.03 Å². The molecule has 0 saturated heterocycles. The predicted molar refractivity (Wildman–Crippen MR) is 65.4 cm³/mol. The van der Waals surface area contributed by atoms with Crippen LogP contribution in [0, 0.1) is 0 Å². The van der Waals surface area contributed by atoms with Gasteiger partial charge in [-0.15, -0.1) is 0 Å². The molecule has 1 aromatic heterocycles. The van der Waals surface area contributed by atoms with E-state index in [4.69, 9.17) is 0 Å². The lowest BCUT2D eigenvalue weighted by atomic mass is 9.96. The number of hydrogen-bond acceptors (Lipinski definition) is 2. The fourth-order valence-electron chi connectivity index (χ4n) is 1.30. The lowest BCUT2D eigenvalue weighted by Crippen LogP contribution is -2.46. The topological polar surface area (TPSA) is 54.0 Å². The summed E-state index contributed by atoms with van der Waals surface area (Å²) in [5.41, 5.74) is 0.610. The second kappa shape index (κ2) is 5.49. The maximum atomic E-state index is 11.7. The quantitative estimate of drug-likeness (QED) is 0.821. The molecule has 0 aliphatic heterocycles. The van der Waals surface area contributed by atoms with Crippen molar-refractivity contribution in [3.8, 4) is 0 Å². The van der Waals surface area contributed by atoms with Gasteiger partial charge < -0.3 is 10.6 Å². The van der Waals surface area contributed by atoms with E-state index >= 15 is 0 Å². The number of nitrogens with one attached hydrogen (secondary N) is 2. The van der Waals surface area contributed by atoms with Crippen molar-refractivity contribution in [2.75, 3.05) is 5.32 Å². The molecule has 0 aliphatic carbocycles. The average molecular weight is 221 g/mol. The van der Waals surface area contributed by atoms with Gasteiger partial charge in [-0.1, -0.05) is 13.8 Å². The molecule has 1 rings (SSSR count). The summed E-state index contributed by atoms with van der Waals surface area (Å²) in [4.78, 5) is 15.6. The molecule has 4 nitrogen and oxygen atoms in total. The molecule has 4 heteroatoms. The Hall–Kier alpha value is -1.58. The number of anilines is 1. The molecule has 16 heavy (non-hydrogen) atoms. The maximum Gasteiger partial charge on any atom is 0.319 e. The largest absolute Gasteiger partial charge is 0.333 e. The van der Waals surface area contributed by atoms with Gasteiger partial charge in [-0.25, -0.2) is 4.79 Å². The van der Waals surface area contributed by atoms with Crippen LogP contribution >= 0.6 is 0 Å². The van der Waals surface area contributed by atoms with E-state index in [0.29, 0.717) is 0 Å². The van der Waals surface area contributed by atoms with Crippen molar-refractivity contribution in [2.24, 2.45) is 0 Å². The van der Waals surface area contributed by atoms with Gasteiger partial charge in [0, 0.05) is 23.6 Å². The lowest BCUT2D eigenvalue weighted by molar-refractivity contribution is 0.236. The molecule has 2 N–H and O–H groups in total. The molecule has 2 amide bonds. The van der Waals surface area contributed by atoms with Gasteiger partial charge in [0.25, 0.3) is 0 Å². The monoisotopic (exact) mass is 221 g/mol. The van der Waals surface area contributed by atoms with E-state index < -0.39 is 0 Å². The fourth-order valence-corrected chi connectivity index (χ4v) is 1.30. The summed E-state index contributed by atoms with van der Waals surface area (Å²) in [6, 6.07) is 3.35. The Kier molecular flexibility index (Phi) is 4.28. The summed E-state index contributed by atoms with van der Waals surface area (Å²) in [5.74, 6) is 0. The molecule has 0 saturated carbocycles. The summed E-state index contributed by atoms with van der Waals surface area (Å²) >= 11 is 0. The molecule has 1 heterocycles. The highest BCUT2D eigenvalue weighted by molar-refractivity contribution is 5.89. The van der Waals surface area contributed by atoms with Gasteiger partial charge in [-0.05, 0) is 31.9 Å². The van der Waals surface area contributed by atoms with Crippen molar-refractivity contribution in [3.63, 3.8) is 0 Å². The SMILES string of the molecule is CCC(C)(CC)NC(=O)Nc1ccncc1. The number of aromatic nitrogens is 1. The third-order valence-corrected chi connectivity index (χ3v) is 2.91. The molecule has 0 aromatic carbocycles. The first-order chi connectivity index (χ1) is 7.59. The van der Waals surface area contributed by atoms with Crippen LogP contribution in [0.4, 0.5) is 10.5 Å². The van der Waals surface area contributed by atoms with Gasteiger partial charge in [0.15, 0.2) is 0 Å². The van der Waals surface area contributed by atoms with Gasteiger partial charge in [-0.3, -0.25) is 4.98 Å². The lowest BCUT2D eigenvalue weighted by Gasteiger charge is -2.28. The number of amides is 2. The number of rotatable bonds is 4. The minimum Gasteiger partial charge on any atom is -0.333 e. The first-order valence-electron chi connectivity index (χ1n) is 5.59. The van der Waals surface area contributed by atoms with Crippen LogP contribution < -0.4 is 10.6 Å². The molecule has 0 atom stereocenters. The van der Waals surface area contributed by atoms with E-state index in [-0.39, 0.29) is 11.6 Å². The molecular weight excluding hydrogens is 202 g/mol. The third kappa shape index (κ3) is 3.53. The molecule has 88 valence electrons. The van der Waals surface area contributed by atoms with Crippen LogP contribution in [0.3, 0.4) is 0 Å². The first kappa shape index (κ1) is 12.5. The zero-order valence-corrected chi connectivity index (χ0v) is 10.1. The minimum absolute atomic E-state index is 0.142. The van der Waals surface area contributed by atoms with Crippen LogP contribution in [-0.2, 0) is 0 Å². The third-order valence-electron chi connectivity index (χ3n) is 2.91. The normalized spacial score (nSPS) is 10.9. The van der Waals surface area contributed by atoms with E-state index in [1.54, 1.807) is 24.5 Å². The molecule has 0 spiro atoms. The summed E-state index contributed by atoms with van der Waals surface area (Å²) in [6.07, 6.45) is 5.11. The van der Waals surface area contributed by atoms with Crippen molar-refractivity contribution in [1.29, 1.82) is 0 Å². The van der Waals surface area contributed by atoms with E-state index in [1.165, 1.54) is 0 Å². The van der Waals surface area contributed by atoms with Crippen LogP contribution in [0.2, 0.25) is 0 Å². The number of nitrogens with zero attached hydrogens (tertiary/aromatic N) is 1. The zero-order chi connectivity index (χ0) is 12.0. The van der Waals surface area contributed by atoms with Gasteiger partial charge in [0.2, 0.25) is 0 Å². The summed E-state index contributed by atoms with van der Waals surface area (Å²) in [5, 5.41) is 5.75. The molecule has 1 aromatic rings. The Labute approximate surface area is 96.5 Å². The van der Waals surface area contributed by atoms with Crippen LogP contribution in [-0.4, -0.2) is 16.6 Å². The summed E-state index contributed by atoms with van der Waals surface area (Å²) in [7, 11) is 0. The number of carbonyl (C=O) groups excluding carboxylic acids is 1. The Balaban J connectivity index is 2.54. The van der Waals surface area contributed by atoms with Crippen molar-refractivity contribution >= 4 is 11.7 Å². The summed E-state index contributed by atoms with van der Waals surface area (Å²) < 4.78 is 0. The molecule has 0 aliphatic rings. The van der Waals surface area contributed by atoms with Crippen molar-refractivity contribution in [1.82, 2.24) is 10.3 Å². The molecule has 0 fully saturated rings. The van der Waals surface area contributed by atoms with Crippen LogP contribution in [0.25, 0.3) is 0 Å². The second-order valence-corrected chi connectivity index (χ2v) is 4.08. The predicted octanol–water partition coefficient (Wildman–Crippen LogP) is 2.78. The van der Waals surface area contributed by atoms with E-state index in [0.717, 1.165) is 18.5 Å². The van der Waals surface area contributed by atoms with Crippen LogP contribution in [0.1, 0.15) is 33.6 Å². The Bertz CT molecular complexity index is 333. The highest BCUT2D eigenvalue weighted by Gasteiger charge is 2.21. The number of urea groups is 1. The van der Waals surface area contributed by atoms with Crippen LogP contribution in [0.15, 0.2) is 24.5 Å². The van der Waals surface area contributed by atoms with Crippen LogP contribution in [0.5, 0.6) is 0 Å². The van der Waals surface area contributed by atoms with Crippen molar-refractivity contribution in [2.45, 2.75) is 39.2 Å². The Morgan fingerprint density at radius 3 is 2.38 bits per heavy atom. The number of pyridine rings is 1. The maximum absolute atomic E-state index is 11.7. The highest BCUT2D eigenvalue weighted by atomic mass is 16.2. The standard InChI is InChI=1S/C12H19N3O/c1-4-12(3,5-2)15-11(16)14-10-6-8-13-9-7-10/h6-9H,4-5H2,1-3H3,(H2,13,14,15,16). The van der Waals surface area contributed by atoms with Crippen molar-refractivity contribution in [3.05, 3.63) is 24.5 Å². The first-order valence-corrected chi connectivity index (χ1v) is 5.59. The van der Waals surface area contributed by atoms with E-state index in [1.807, 2.05) is 6.92 Å². The average Bonchev–Trinajstić information content (AvgIpc) is 2.30. The Morgan fingerprint density at radius 1 is 1.31 bits per heavy atom. The van der Waals surface area contributed by atoms with E-state index in [2.05, 4.69) is 29.5 Å². The zero-order valence-electron chi connectivity index (χ0n) is 10.1. The number of hydrogen-bond donors (Lipinski definition) is 2. The van der Waals surface area contributed by atoms with Gasteiger partial charge in [-0.2, -0.15) is 0 Å². The van der Waals surface area contributed by atoms with E-state index in [9.17, 15) is 4.79 Å². The molecule has 0 radical (unpaired) electrons. The molecule has 0 bridgehead atoms. The van der Waals surface area contributed by atoms with Gasteiger partial charge in [0.1, 0.15) is 0 Å². The molecule has 0 unspecified atom stereocenters. The fraction of sp³-hybridized carbons (Fsp3) is 0.500. The minimum atomic E-state index is -0.169. The second-order valence-electron chi connectivity index (χ2n) is 4.08. The molecular formula is C12H19N3O. The van der Waals surface area contributed by atoms with Crippen molar-refractivity contribution < 1.29 is 4.79 Å². The summed E-state index contributed by atoms with van der Waals surface area (Å²) in [6.45, 7) is 6.17. The number of carbonyl (C=O) groups is 1. The van der Waals surface area contributed by atoms with Gasteiger partial charge in [0.05, 0.1) is 0 Å².